The summed E-state index contributed by atoms with van der Waals surface area (Å²) in [6.45, 7) is 14.6. The highest BCUT2D eigenvalue weighted by molar-refractivity contribution is 7.04. The number of unbranched alkanes of at least 4 members (excludes halogenated alkanes) is 1. The first-order valence-electron chi connectivity index (χ1n) is 10.9. The predicted octanol–water partition coefficient (Wildman–Crippen LogP) is 4.54. The molecule has 2 atom stereocenters. The molecule has 170 valence electrons. The largest absolute Gasteiger partial charge is 0.298 e. The smallest absolute Gasteiger partial charge is 0.253 e. The number of hydroxylamine groups is 2. The molecule has 0 unspecified atom stereocenters. The zero-order valence-electron chi connectivity index (χ0n) is 20.2. The van der Waals surface area contributed by atoms with Gasteiger partial charge >= 0.3 is 0 Å². The van der Waals surface area contributed by atoms with Crippen LogP contribution in [0.4, 0.5) is 0 Å². The van der Waals surface area contributed by atoms with Crippen LogP contribution in [0.15, 0.2) is 11.2 Å². The number of aromatic nitrogens is 1. The van der Waals surface area contributed by atoms with E-state index in [-0.39, 0.29) is 23.3 Å². The predicted molar refractivity (Wildman–Crippen MR) is 121 cm³/mol. The van der Waals surface area contributed by atoms with Crippen LogP contribution in [0, 0.1) is 16.7 Å². The van der Waals surface area contributed by atoms with E-state index in [2.05, 4.69) is 42.8 Å². The van der Waals surface area contributed by atoms with E-state index in [0.717, 1.165) is 29.5 Å². The summed E-state index contributed by atoms with van der Waals surface area (Å²) in [5, 5.41) is 1.27. The van der Waals surface area contributed by atoms with E-state index in [4.69, 9.17) is 4.84 Å². The quantitative estimate of drug-likeness (QED) is 0.614. The van der Waals surface area contributed by atoms with Crippen LogP contribution in [0.2, 0.25) is 0 Å². The second-order valence-corrected chi connectivity index (χ2v) is 11.2. The molecule has 1 fully saturated rings. The molecular formula is C23H39N3O3S. The summed E-state index contributed by atoms with van der Waals surface area (Å²) in [7, 11) is 3.11. The van der Waals surface area contributed by atoms with E-state index in [0.29, 0.717) is 12.8 Å². The van der Waals surface area contributed by atoms with Crippen molar-refractivity contribution in [3.05, 3.63) is 16.4 Å². The van der Waals surface area contributed by atoms with Crippen LogP contribution in [-0.4, -0.2) is 35.0 Å². The number of hydrogen-bond donors (Lipinski definition) is 0. The Hall–Kier alpha value is -1.47. The molecule has 0 bridgehead atoms. The van der Waals surface area contributed by atoms with Gasteiger partial charge < -0.3 is 0 Å². The summed E-state index contributed by atoms with van der Waals surface area (Å²) in [4.78, 5) is 36.1. The fourth-order valence-corrected chi connectivity index (χ4v) is 5.21. The van der Waals surface area contributed by atoms with E-state index in [9.17, 15) is 9.59 Å². The van der Waals surface area contributed by atoms with Crippen LogP contribution in [0.1, 0.15) is 79.7 Å². The second kappa shape index (κ2) is 8.95. The highest BCUT2D eigenvalue weighted by Gasteiger charge is 2.58. The van der Waals surface area contributed by atoms with Gasteiger partial charge in [-0.3, -0.25) is 18.4 Å². The molecule has 0 spiro atoms. The van der Waals surface area contributed by atoms with Crippen LogP contribution in [0.25, 0.3) is 0 Å². The minimum absolute atomic E-state index is 0.0543. The van der Waals surface area contributed by atoms with Crippen molar-refractivity contribution in [2.45, 2.75) is 86.1 Å². The molecule has 0 N–H and O–H groups in total. The van der Waals surface area contributed by atoms with E-state index in [1.54, 1.807) is 18.6 Å². The van der Waals surface area contributed by atoms with Gasteiger partial charge in [0.2, 0.25) is 5.91 Å². The molecule has 0 aliphatic heterocycles. The molecule has 1 heterocycles. The maximum Gasteiger partial charge on any atom is 0.253 e. The molecule has 1 saturated carbocycles. The molecule has 1 aromatic rings. The molecule has 1 aliphatic rings. The van der Waals surface area contributed by atoms with E-state index in [1.807, 2.05) is 20.8 Å². The minimum atomic E-state index is -0.694. The fraction of sp³-hybridized carbons (Fsp3) is 0.783. The van der Waals surface area contributed by atoms with Crippen molar-refractivity contribution in [2.75, 3.05) is 14.2 Å². The lowest BCUT2D eigenvalue weighted by Gasteiger charge is -2.39. The molecule has 0 radical (unpaired) electrons. The van der Waals surface area contributed by atoms with Crippen LogP contribution >= 0.6 is 11.5 Å². The Morgan fingerprint density at radius 2 is 1.97 bits per heavy atom. The van der Waals surface area contributed by atoms with Crippen molar-refractivity contribution >= 4 is 23.3 Å². The average Bonchev–Trinajstić information content (AvgIpc) is 3.17. The topological polar surface area (TPSA) is 63.9 Å². The van der Waals surface area contributed by atoms with Crippen molar-refractivity contribution in [1.29, 1.82) is 0 Å². The van der Waals surface area contributed by atoms with Gasteiger partial charge in [0.05, 0.1) is 12.5 Å². The Bertz CT molecular complexity index is 847. The Kier molecular flexibility index (Phi) is 7.40. The first kappa shape index (κ1) is 24.8. The summed E-state index contributed by atoms with van der Waals surface area (Å²) in [5.74, 6) is -0.470. The van der Waals surface area contributed by atoms with Crippen LogP contribution < -0.4 is 4.67 Å². The Morgan fingerprint density at radius 1 is 1.33 bits per heavy atom. The van der Waals surface area contributed by atoms with Crippen molar-refractivity contribution in [3.63, 3.8) is 0 Å². The maximum absolute atomic E-state index is 13.5. The lowest BCUT2D eigenvalue weighted by atomic mass is 9.65. The third-order valence-electron chi connectivity index (χ3n) is 6.98. The first-order valence-corrected chi connectivity index (χ1v) is 11.7. The summed E-state index contributed by atoms with van der Waals surface area (Å²) < 4.78 is 3.00. The zero-order chi connectivity index (χ0) is 22.9. The van der Waals surface area contributed by atoms with Gasteiger partial charge in [-0.15, -0.1) is 0 Å². The van der Waals surface area contributed by atoms with Gasteiger partial charge in [0.1, 0.15) is 4.67 Å². The normalized spacial score (nSPS) is 24.3. The van der Waals surface area contributed by atoms with Gasteiger partial charge in [0, 0.05) is 30.3 Å². The van der Waals surface area contributed by atoms with E-state index in [1.165, 1.54) is 12.2 Å². The van der Waals surface area contributed by atoms with Crippen molar-refractivity contribution in [2.24, 2.45) is 21.7 Å². The Balaban J connectivity index is 2.44. The van der Waals surface area contributed by atoms with Crippen LogP contribution in [-0.2, 0) is 26.4 Å². The number of rotatable bonds is 6. The van der Waals surface area contributed by atoms with E-state index >= 15 is 0 Å². The van der Waals surface area contributed by atoms with Gasteiger partial charge in [-0.05, 0) is 63.4 Å². The third-order valence-corrected chi connectivity index (χ3v) is 8.35. The fourth-order valence-electron chi connectivity index (χ4n) is 4.18. The second-order valence-electron chi connectivity index (χ2n) is 10.2. The number of carbonyl (C=O) groups is 2. The minimum Gasteiger partial charge on any atom is -0.298 e. The van der Waals surface area contributed by atoms with Crippen molar-refractivity contribution in [3.8, 4) is 0 Å². The van der Waals surface area contributed by atoms with Gasteiger partial charge in [-0.2, -0.15) is 0 Å². The average molecular weight is 438 g/mol. The SMILES string of the molecule is CCCCc1cn(C(C)(C)C)s/c1=N\C(=O)[C@]1(C)CC[C@H](C(=O)N(C)OC)C1(C)C. The monoisotopic (exact) mass is 437 g/mol. The van der Waals surface area contributed by atoms with Crippen LogP contribution in [0.3, 0.4) is 0 Å². The summed E-state index contributed by atoms with van der Waals surface area (Å²) >= 11 is 1.55. The summed E-state index contributed by atoms with van der Waals surface area (Å²) in [5.41, 5.74) is -0.128. The third kappa shape index (κ3) is 4.57. The van der Waals surface area contributed by atoms with Gasteiger partial charge in [0.25, 0.3) is 5.91 Å². The lowest BCUT2D eigenvalue weighted by molar-refractivity contribution is -0.177. The molecule has 6 nitrogen and oxygen atoms in total. The zero-order valence-corrected chi connectivity index (χ0v) is 21.0. The highest BCUT2D eigenvalue weighted by atomic mass is 32.1. The van der Waals surface area contributed by atoms with Crippen LogP contribution in [0.5, 0.6) is 0 Å². The Labute approximate surface area is 185 Å². The summed E-state index contributed by atoms with van der Waals surface area (Å²) in [6.07, 6.45) is 6.54. The molecule has 2 rings (SSSR count). The molecule has 0 aromatic carbocycles. The van der Waals surface area contributed by atoms with Gasteiger partial charge in [-0.25, -0.2) is 10.1 Å². The van der Waals surface area contributed by atoms with Crippen molar-refractivity contribution in [1.82, 2.24) is 9.02 Å². The molecular weight excluding hydrogens is 398 g/mol. The molecule has 30 heavy (non-hydrogen) atoms. The molecule has 1 aliphatic carbocycles. The van der Waals surface area contributed by atoms with Gasteiger partial charge in [0.15, 0.2) is 0 Å². The number of hydrogen-bond acceptors (Lipinski definition) is 4. The van der Waals surface area contributed by atoms with Crippen molar-refractivity contribution < 1.29 is 14.4 Å². The number of amides is 2. The molecule has 0 saturated heterocycles. The standard InChI is InChI=1S/C23H39N3O3S/c1-10-11-12-16-15-26(21(2,3)4)30-18(16)24-20(28)23(7)14-13-17(22(23,5)6)19(27)25(8)29-9/h15,17H,10-14H2,1-9H3/b24-18-/t17-,23+/m1/s1. The first-order chi connectivity index (χ1) is 13.8. The number of aryl methyl sites for hydroxylation is 1. The lowest BCUT2D eigenvalue weighted by Crippen LogP contribution is -2.45. The Morgan fingerprint density at radius 3 is 2.50 bits per heavy atom. The van der Waals surface area contributed by atoms with E-state index < -0.39 is 10.8 Å². The highest BCUT2D eigenvalue weighted by Crippen LogP contribution is 2.57. The number of nitrogens with zero attached hydrogens (tertiary/aromatic N) is 3. The molecule has 1 aromatic heterocycles. The number of carbonyl (C=O) groups excluding carboxylic acids is 2. The maximum atomic E-state index is 13.5. The molecule has 2 amide bonds. The molecule has 7 heteroatoms. The summed E-state index contributed by atoms with van der Waals surface area (Å²) in [6, 6.07) is 0. The van der Waals surface area contributed by atoms with Gasteiger partial charge in [-0.1, -0.05) is 34.1 Å².